The molecule has 0 aliphatic heterocycles. The third-order valence-corrected chi connectivity index (χ3v) is 4.02. The van der Waals surface area contributed by atoms with Gasteiger partial charge in [0.1, 0.15) is 12.4 Å². The number of hydrogen-bond donors (Lipinski definition) is 2. The Morgan fingerprint density at radius 1 is 1.27 bits per heavy atom. The van der Waals surface area contributed by atoms with Gasteiger partial charge in [0.25, 0.3) is 5.91 Å². The summed E-state index contributed by atoms with van der Waals surface area (Å²) in [6.45, 7) is 1.88. The van der Waals surface area contributed by atoms with Crippen molar-refractivity contribution < 1.29 is 14.7 Å². The van der Waals surface area contributed by atoms with E-state index in [4.69, 9.17) is 16.7 Å². The summed E-state index contributed by atoms with van der Waals surface area (Å²) in [6, 6.07) is 7.92. The second-order valence-electron chi connectivity index (χ2n) is 5.51. The minimum absolute atomic E-state index is 0.0700. The predicted octanol–water partition coefficient (Wildman–Crippen LogP) is 2.07. The molecule has 2 heterocycles. The average molecular weight is 375 g/mol. The fourth-order valence-corrected chi connectivity index (χ4v) is 2.38. The number of nitrogens with zero attached hydrogens (tertiary/aromatic N) is 5. The highest BCUT2D eigenvalue weighted by molar-refractivity contribution is 6.31. The van der Waals surface area contributed by atoms with Gasteiger partial charge in [-0.15, -0.1) is 5.10 Å². The fraction of sp³-hybridized carbons (Fsp3) is 0.188. The van der Waals surface area contributed by atoms with Crippen molar-refractivity contribution >= 4 is 29.4 Å². The van der Waals surface area contributed by atoms with Crippen LogP contribution in [0.4, 0.5) is 5.95 Å². The van der Waals surface area contributed by atoms with Crippen molar-refractivity contribution in [3.05, 3.63) is 59.1 Å². The average Bonchev–Trinajstić information content (AvgIpc) is 3.26. The van der Waals surface area contributed by atoms with Crippen molar-refractivity contribution in [3.63, 3.8) is 0 Å². The second kappa shape index (κ2) is 7.36. The first kappa shape index (κ1) is 17.6. The Balaban J connectivity index is 1.66. The third kappa shape index (κ3) is 3.89. The minimum atomic E-state index is -1.04. The molecule has 10 heteroatoms. The van der Waals surface area contributed by atoms with Crippen LogP contribution in [0, 0.1) is 0 Å². The highest BCUT2D eigenvalue weighted by Gasteiger charge is 2.17. The fourth-order valence-electron chi connectivity index (χ4n) is 2.18. The summed E-state index contributed by atoms with van der Waals surface area (Å²) < 4.78 is 2.74. The number of hydrogen-bond acceptors (Lipinski definition) is 5. The van der Waals surface area contributed by atoms with Gasteiger partial charge >= 0.3 is 5.97 Å². The number of carbonyl (C=O) groups excluding carboxylic acids is 1. The summed E-state index contributed by atoms with van der Waals surface area (Å²) in [6.07, 6.45) is 2.90. The van der Waals surface area contributed by atoms with E-state index in [1.165, 1.54) is 30.2 Å². The molecular weight excluding hydrogens is 360 g/mol. The molecule has 1 atom stereocenters. The Morgan fingerprint density at radius 3 is 2.77 bits per heavy atom. The number of aliphatic carboxylic acids is 1. The largest absolute Gasteiger partial charge is 0.480 e. The summed E-state index contributed by atoms with van der Waals surface area (Å²) in [4.78, 5) is 27.2. The van der Waals surface area contributed by atoms with Crippen molar-refractivity contribution in [2.24, 2.45) is 0 Å². The molecule has 1 aromatic carbocycles. The van der Waals surface area contributed by atoms with E-state index in [9.17, 15) is 9.59 Å². The van der Waals surface area contributed by atoms with E-state index in [-0.39, 0.29) is 11.6 Å². The molecule has 0 aliphatic rings. The normalized spacial score (nSPS) is 11.9. The van der Waals surface area contributed by atoms with E-state index < -0.39 is 17.9 Å². The molecule has 3 aromatic rings. The Labute approximate surface area is 153 Å². The molecule has 0 saturated heterocycles. The van der Waals surface area contributed by atoms with Crippen molar-refractivity contribution in [2.75, 3.05) is 5.32 Å². The number of carboxylic acids is 1. The molecule has 9 nitrogen and oxygen atoms in total. The van der Waals surface area contributed by atoms with E-state index in [1.807, 2.05) is 18.2 Å². The molecule has 0 aliphatic carbocycles. The molecule has 1 unspecified atom stereocenters. The summed E-state index contributed by atoms with van der Waals surface area (Å²) >= 11 is 6.11. The lowest BCUT2D eigenvalue weighted by Crippen LogP contribution is -2.18. The van der Waals surface area contributed by atoms with Gasteiger partial charge in [0.2, 0.25) is 5.95 Å². The molecule has 0 saturated carbocycles. The van der Waals surface area contributed by atoms with Crippen LogP contribution in [0.3, 0.4) is 0 Å². The van der Waals surface area contributed by atoms with Crippen molar-refractivity contribution in [1.82, 2.24) is 24.5 Å². The summed E-state index contributed by atoms with van der Waals surface area (Å²) in [7, 11) is 0. The third-order valence-electron chi connectivity index (χ3n) is 3.65. The molecule has 0 radical (unpaired) electrons. The lowest BCUT2D eigenvalue weighted by atomic mass is 10.2. The molecule has 0 fully saturated rings. The highest BCUT2D eigenvalue weighted by Crippen LogP contribution is 2.16. The smallest absolute Gasteiger partial charge is 0.328 e. The van der Waals surface area contributed by atoms with Crippen LogP contribution in [-0.4, -0.2) is 41.5 Å². The Hall–Kier alpha value is -3.20. The van der Waals surface area contributed by atoms with Crippen LogP contribution in [0.5, 0.6) is 0 Å². The van der Waals surface area contributed by atoms with Crippen molar-refractivity contribution in [1.29, 1.82) is 0 Å². The molecule has 26 heavy (non-hydrogen) atoms. The van der Waals surface area contributed by atoms with Crippen LogP contribution in [0.2, 0.25) is 5.02 Å². The topological polar surface area (TPSA) is 115 Å². The van der Waals surface area contributed by atoms with Gasteiger partial charge < -0.3 is 5.11 Å². The van der Waals surface area contributed by atoms with Crippen LogP contribution in [0.15, 0.2) is 42.9 Å². The maximum Gasteiger partial charge on any atom is 0.328 e. The Morgan fingerprint density at radius 2 is 2.04 bits per heavy atom. The van der Waals surface area contributed by atoms with E-state index >= 15 is 0 Å². The zero-order valence-electron chi connectivity index (χ0n) is 13.7. The van der Waals surface area contributed by atoms with Gasteiger partial charge in [-0.25, -0.2) is 14.5 Å². The molecule has 1 amide bonds. The number of benzene rings is 1. The number of aromatic nitrogens is 5. The van der Waals surface area contributed by atoms with Crippen LogP contribution in [-0.2, 0) is 11.3 Å². The van der Waals surface area contributed by atoms with E-state index in [0.717, 1.165) is 5.56 Å². The number of nitrogens with one attached hydrogen (secondary N) is 1. The first-order chi connectivity index (χ1) is 12.4. The summed E-state index contributed by atoms with van der Waals surface area (Å²) in [5.74, 6) is -1.46. The minimum Gasteiger partial charge on any atom is -0.480 e. The Bertz CT molecular complexity index is 951. The molecular formula is C16H15ClN6O3. The quantitative estimate of drug-likeness (QED) is 0.682. The monoisotopic (exact) mass is 374 g/mol. The first-order valence-electron chi connectivity index (χ1n) is 7.66. The van der Waals surface area contributed by atoms with Crippen LogP contribution in [0.25, 0.3) is 0 Å². The zero-order chi connectivity index (χ0) is 18.7. The van der Waals surface area contributed by atoms with E-state index in [0.29, 0.717) is 11.6 Å². The standard InChI is InChI=1S/C16H15ClN6O3/c1-10(15(25)26)23-7-6-13(20-23)14(24)19-16-18-9-22(21-16)8-11-4-2-3-5-12(11)17/h2-7,9-10H,8H2,1H3,(H,25,26)(H,19,21,24). The predicted molar refractivity (Wildman–Crippen MR) is 93.1 cm³/mol. The number of halogens is 1. The van der Waals surface area contributed by atoms with Gasteiger partial charge in [-0.1, -0.05) is 29.8 Å². The number of carbonyl (C=O) groups is 2. The van der Waals surface area contributed by atoms with Crippen LogP contribution in [0.1, 0.15) is 29.0 Å². The lowest BCUT2D eigenvalue weighted by molar-refractivity contribution is -0.140. The van der Waals surface area contributed by atoms with Gasteiger partial charge in [0.15, 0.2) is 5.69 Å². The van der Waals surface area contributed by atoms with Gasteiger partial charge in [0.05, 0.1) is 6.54 Å². The highest BCUT2D eigenvalue weighted by atomic mass is 35.5. The Kier molecular flexibility index (Phi) is 4.99. The molecule has 2 N–H and O–H groups in total. The number of anilines is 1. The maximum absolute atomic E-state index is 12.2. The van der Waals surface area contributed by atoms with Crippen molar-refractivity contribution in [3.8, 4) is 0 Å². The van der Waals surface area contributed by atoms with E-state index in [1.54, 1.807) is 10.7 Å². The second-order valence-corrected chi connectivity index (χ2v) is 5.91. The molecule has 3 rings (SSSR count). The zero-order valence-corrected chi connectivity index (χ0v) is 14.5. The van der Waals surface area contributed by atoms with Gasteiger partial charge in [-0.2, -0.15) is 5.10 Å². The molecule has 2 aromatic heterocycles. The van der Waals surface area contributed by atoms with Crippen LogP contribution >= 0.6 is 11.6 Å². The van der Waals surface area contributed by atoms with E-state index in [2.05, 4.69) is 20.5 Å². The number of carboxylic acid groups (broad SMARTS) is 1. The maximum atomic E-state index is 12.2. The van der Waals surface area contributed by atoms with Gasteiger partial charge in [-0.3, -0.25) is 14.8 Å². The SMILES string of the molecule is CC(C(=O)O)n1ccc(C(=O)Nc2ncn(Cc3ccccc3Cl)n2)n1. The van der Waals surface area contributed by atoms with Crippen molar-refractivity contribution in [2.45, 2.75) is 19.5 Å². The van der Waals surface area contributed by atoms with Gasteiger partial charge in [-0.05, 0) is 24.6 Å². The summed E-state index contributed by atoms with van der Waals surface area (Å²) in [5.41, 5.74) is 0.943. The molecule has 0 bridgehead atoms. The van der Waals surface area contributed by atoms with Gasteiger partial charge in [0, 0.05) is 11.2 Å². The lowest BCUT2D eigenvalue weighted by Gasteiger charge is -2.05. The molecule has 134 valence electrons. The number of rotatable bonds is 6. The first-order valence-corrected chi connectivity index (χ1v) is 8.04. The molecule has 0 spiro atoms. The van der Waals surface area contributed by atoms with Crippen LogP contribution < -0.4 is 5.32 Å². The number of amides is 1. The summed E-state index contributed by atoms with van der Waals surface area (Å²) in [5, 5.41) is 20.2.